The molecule has 0 saturated heterocycles. The van der Waals surface area contributed by atoms with Gasteiger partial charge in [-0.25, -0.2) is 0 Å². The molecule has 1 heterocycles. The molecular formula is C19H20N2. The lowest BCUT2D eigenvalue weighted by Crippen LogP contribution is -2.19. The summed E-state index contributed by atoms with van der Waals surface area (Å²) in [4.78, 5) is 4.34. The van der Waals surface area contributed by atoms with Gasteiger partial charge in [0.15, 0.2) is 0 Å². The standard InChI is InChI=1S/C19H20N2/c1-14-7-3-5-9-18(14)15(2)21-13-17-12-20-11-16-8-4-6-10-19(16)17/h3-12,15,21H,13H2,1-2H3/t15-/m1/s1. The molecule has 106 valence electrons. The number of aryl methyl sites for hydroxylation is 1. The van der Waals surface area contributed by atoms with E-state index in [-0.39, 0.29) is 0 Å². The second-order valence-corrected chi connectivity index (χ2v) is 5.48. The van der Waals surface area contributed by atoms with Crippen molar-refractivity contribution in [3.05, 3.63) is 77.6 Å². The number of fused-ring (bicyclic) bond motifs is 1. The lowest BCUT2D eigenvalue weighted by molar-refractivity contribution is 0.573. The molecule has 2 aromatic carbocycles. The Morgan fingerprint density at radius 2 is 1.76 bits per heavy atom. The maximum Gasteiger partial charge on any atom is 0.0346 e. The smallest absolute Gasteiger partial charge is 0.0346 e. The van der Waals surface area contributed by atoms with Crippen LogP contribution in [0.1, 0.15) is 29.7 Å². The van der Waals surface area contributed by atoms with Crippen LogP contribution in [0.2, 0.25) is 0 Å². The molecule has 0 aliphatic rings. The molecule has 0 saturated carbocycles. The minimum absolute atomic E-state index is 0.324. The van der Waals surface area contributed by atoms with Crippen molar-refractivity contribution in [2.75, 3.05) is 0 Å². The first-order valence-corrected chi connectivity index (χ1v) is 7.36. The minimum Gasteiger partial charge on any atom is -0.306 e. The highest BCUT2D eigenvalue weighted by molar-refractivity contribution is 5.84. The van der Waals surface area contributed by atoms with Gasteiger partial charge in [-0.1, -0.05) is 48.5 Å². The van der Waals surface area contributed by atoms with Crippen molar-refractivity contribution in [1.82, 2.24) is 10.3 Å². The third-order valence-corrected chi connectivity index (χ3v) is 4.00. The molecule has 1 atom stereocenters. The average molecular weight is 276 g/mol. The minimum atomic E-state index is 0.324. The topological polar surface area (TPSA) is 24.9 Å². The van der Waals surface area contributed by atoms with Gasteiger partial charge in [-0.2, -0.15) is 0 Å². The van der Waals surface area contributed by atoms with Crippen molar-refractivity contribution in [1.29, 1.82) is 0 Å². The van der Waals surface area contributed by atoms with Gasteiger partial charge in [0.05, 0.1) is 0 Å². The second-order valence-electron chi connectivity index (χ2n) is 5.48. The summed E-state index contributed by atoms with van der Waals surface area (Å²) >= 11 is 0. The zero-order chi connectivity index (χ0) is 14.7. The van der Waals surface area contributed by atoms with Crippen LogP contribution >= 0.6 is 0 Å². The van der Waals surface area contributed by atoms with Crippen LogP contribution < -0.4 is 5.32 Å². The van der Waals surface area contributed by atoms with E-state index in [4.69, 9.17) is 0 Å². The molecule has 2 nitrogen and oxygen atoms in total. The molecule has 1 N–H and O–H groups in total. The molecule has 0 unspecified atom stereocenters. The number of aromatic nitrogens is 1. The normalized spacial score (nSPS) is 12.5. The first-order chi connectivity index (χ1) is 10.3. The molecule has 21 heavy (non-hydrogen) atoms. The second kappa shape index (κ2) is 6.06. The monoisotopic (exact) mass is 276 g/mol. The number of nitrogens with one attached hydrogen (secondary N) is 1. The Kier molecular flexibility index (Phi) is 3.98. The number of hydrogen-bond donors (Lipinski definition) is 1. The number of hydrogen-bond acceptors (Lipinski definition) is 2. The molecule has 0 spiro atoms. The average Bonchev–Trinajstić information content (AvgIpc) is 2.53. The Morgan fingerprint density at radius 1 is 1.00 bits per heavy atom. The van der Waals surface area contributed by atoms with Crippen LogP contribution in [0.5, 0.6) is 0 Å². The summed E-state index contributed by atoms with van der Waals surface area (Å²) in [5.41, 5.74) is 3.92. The van der Waals surface area contributed by atoms with Crippen molar-refractivity contribution in [2.45, 2.75) is 26.4 Å². The van der Waals surface area contributed by atoms with Gasteiger partial charge in [0, 0.05) is 30.4 Å². The highest BCUT2D eigenvalue weighted by Crippen LogP contribution is 2.20. The Morgan fingerprint density at radius 3 is 2.62 bits per heavy atom. The van der Waals surface area contributed by atoms with E-state index in [1.807, 2.05) is 12.4 Å². The summed E-state index contributed by atoms with van der Waals surface area (Å²) in [7, 11) is 0. The number of rotatable bonds is 4. The van der Waals surface area contributed by atoms with Crippen molar-refractivity contribution in [3.63, 3.8) is 0 Å². The predicted molar refractivity (Wildman–Crippen MR) is 88.2 cm³/mol. The van der Waals surface area contributed by atoms with Gasteiger partial charge in [-0.3, -0.25) is 4.98 Å². The lowest BCUT2D eigenvalue weighted by atomic mass is 10.0. The fraction of sp³-hybridized carbons (Fsp3) is 0.211. The van der Waals surface area contributed by atoms with Crippen LogP contribution in [-0.4, -0.2) is 4.98 Å². The molecule has 0 radical (unpaired) electrons. The fourth-order valence-electron chi connectivity index (χ4n) is 2.77. The summed E-state index contributed by atoms with van der Waals surface area (Å²) < 4.78 is 0. The zero-order valence-electron chi connectivity index (χ0n) is 12.5. The molecule has 2 heteroatoms. The van der Waals surface area contributed by atoms with Gasteiger partial charge in [0.2, 0.25) is 0 Å². The zero-order valence-corrected chi connectivity index (χ0v) is 12.5. The largest absolute Gasteiger partial charge is 0.306 e. The summed E-state index contributed by atoms with van der Waals surface area (Å²) in [5, 5.41) is 6.08. The number of pyridine rings is 1. The van der Waals surface area contributed by atoms with E-state index in [9.17, 15) is 0 Å². The molecule has 1 aromatic heterocycles. The molecule has 0 amide bonds. The lowest BCUT2D eigenvalue weighted by Gasteiger charge is -2.17. The van der Waals surface area contributed by atoms with Crippen molar-refractivity contribution in [3.8, 4) is 0 Å². The van der Waals surface area contributed by atoms with Crippen LogP contribution in [0.4, 0.5) is 0 Å². The maximum atomic E-state index is 4.34. The van der Waals surface area contributed by atoms with E-state index in [2.05, 4.69) is 72.7 Å². The molecule has 0 aliphatic heterocycles. The molecule has 0 bridgehead atoms. The molecule has 3 aromatic rings. The fourth-order valence-corrected chi connectivity index (χ4v) is 2.77. The summed E-state index contributed by atoms with van der Waals surface area (Å²) in [5.74, 6) is 0. The van der Waals surface area contributed by atoms with E-state index in [1.165, 1.54) is 27.5 Å². The number of benzene rings is 2. The predicted octanol–water partition coefficient (Wildman–Crippen LogP) is 4.39. The van der Waals surface area contributed by atoms with Crippen LogP contribution in [0, 0.1) is 6.92 Å². The first-order valence-electron chi connectivity index (χ1n) is 7.36. The first kappa shape index (κ1) is 13.8. The third kappa shape index (κ3) is 2.96. The van der Waals surface area contributed by atoms with E-state index in [0.29, 0.717) is 6.04 Å². The third-order valence-electron chi connectivity index (χ3n) is 4.00. The SMILES string of the molecule is Cc1ccccc1[C@@H](C)NCc1cncc2ccccc12. The van der Waals surface area contributed by atoms with Gasteiger partial charge in [-0.05, 0) is 35.9 Å². The van der Waals surface area contributed by atoms with Crippen LogP contribution in [-0.2, 0) is 6.54 Å². The van der Waals surface area contributed by atoms with E-state index >= 15 is 0 Å². The highest BCUT2D eigenvalue weighted by Gasteiger charge is 2.08. The van der Waals surface area contributed by atoms with Gasteiger partial charge in [-0.15, -0.1) is 0 Å². The Hall–Kier alpha value is -2.19. The van der Waals surface area contributed by atoms with Gasteiger partial charge < -0.3 is 5.32 Å². The van der Waals surface area contributed by atoms with E-state index < -0.39 is 0 Å². The van der Waals surface area contributed by atoms with Crippen LogP contribution in [0.3, 0.4) is 0 Å². The Balaban J connectivity index is 1.79. The molecule has 0 fully saturated rings. The summed E-state index contributed by atoms with van der Waals surface area (Å²) in [6.45, 7) is 5.19. The maximum absolute atomic E-state index is 4.34. The Labute approximate surface area is 125 Å². The summed E-state index contributed by atoms with van der Waals surface area (Å²) in [6, 6.07) is 17.3. The van der Waals surface area contributed by atoms with Gasteiger partial charge in [0.25, 0.3) is 0 Å². The summed E-state index contributed by atoms with van der Waals surface area (Å²) in [6.07, 6.45) is 3.88. The van der Waals surface area contributed by atoms with Crippen LogP contribution in [0.15, 0.2) is 60.9 Å². The quantitative estimate of drug-likeness (QED) is 0.764. The molecule has 3 rings (SSSR count). The molecular weight excluding hydrogens is 256 g/mol. The van der Waals surface area contributed by atoms with E-state index in [1.54, 1.807) is 0 Å². The Bertz CT molecular complexity index is 744. The number of nitrogens with zero attached hydrogens (tertiary/aromatic N) is 1. The highest BCUT2D eigenvalue weighted by atomic mass is 14.9. The molecule has 0 aliphatic carbocycles. The van der Waals surface area contributed by atoms with Crippen molar-refractivity contribution >= 4 is 10.8 Å². The van der Waals surface area contributed by atoms with Gasteiger partial charge in [0.1, 0.15) is 0 Å². The van der Waals surface area contributed by atoms with Crippen molar-refractivity contribution in [2.24, 2.45) is 0 Å². The van der Waals surface area contributed by atoms with E-state index in [0.717, 1.165) is 6.54 Å². The van der Waals surface area contributed by atoms with Crippen LogP contribution in [0.25, 0.3) is 10.8 Å². The van der Waals surface area contributed by atoms with Gasteiger partial charge >= 0.3 is 0 Å². The van der Waals surface area contributed by atoms with Crippen molar-refractivity contribution < 1.29 is 0 Å².